The summed E-state index contributed by atoms with van der Waals surface area (Å²) in [7, 11) is 4.12. The molecule has 0 aliphatic heterocycles. The molecular formula is C17H27ClN2O. The first-order valence-electron chi connectivity index (χ1n) is 7.64. The summed E-state index contributed by atoms with van der Waals surface area (Å²) in [6.07, 6.45) is 2.22. The van der Waals surface area contributed by atoms with Gasteiger partial charge in [0.25, 0.3) is 0 Å². The van der Waals surface area contributed by atoms with E-state index in [4.69, 9.17) is 11.6 Å². The van der Waals surface area contributed by atoms with Gasteiger partial charge < -0.3 is 10.2 Å². The van der Waals surface area contributed by atoms with Crippen molar-refractivity contribution in [2.24, 2.45) is 5.92 Å². The molecule has 4 heteroatoms. The molecule has 0 saturated heterocycles. The van der Waals surface area contributed by atoms with Crippen molar-refractivity contribution in [1.82, 2.24) is 10.2 Å². The van der Waals surface area contributed by atoms with E-state index in [0.717, 1.165) is 18.4 Å². The Morgan fingerprint density at radius 2 is 1.76 bits per heavy atom. The van der Waals surface area contributed by atoms with Crippen LogP contribution in [0, 0.1) is 5.92 Å². The number of nitrogens with zero attached hydrogens (tertiary/aromatic N) is 1. The van der Waals surface area contributed by atoms with Gasteiger partial charge in [0.2, 0.25) is 5.91 Å². The second-order valence-corrected chi connectivity index (χ2v) is 6.06. The van der Waals surface area contributed by atoms with Crippen molar-refractivity contribution in [3.05, 3.63) is 35.9 Å². The zero-order chi connectivity index (χ0) is 15.8. The van der Waals surface area contributed by atoms with Crippen LogP contribution < -0.4 is 5.32 Å². The van der Waals surface area contributed by atoms with Gasteiger partial charge in [0.1, 0.15) is 5.38 Å². The molecule has 0 aromatic heterocycles. The molecule has 3 nitrogen and oxygen atoms in total. The zero-order valence-electron chi connectivity index (χ0n) is 13.5. The number of carbonyl (C=O) groups excluding carboxylic acids is 1. The van der Waals surface area contributed by atoms with Crippen LogP contribution >= 0.6 is 11.6 Å². The molecule has 0 saturated carbocycles. The smallest absolute Gasteiger partial charge is 0.242 e. The van der Waals surface area contributed by atoms with Crippen molar-refractivity contribution >= 4 is 17.5 Å². The average Bonchev–Trinajstić information content (AvgIpc) is 2.50. The third-order valence-corrected chi connectivity index (χ3v) is 4.51. The third kappa shape index (κ3) is 5.33. The number of hydrogen-bond donors (Lipinski definition) is 1. The number of likely N-dealkylation sites (N-methyl/N-ethyl adjacent to an activating group) is 1. The highest BCUT2D eigenvalue weighted by Gasteiger charge is 2.23. The minimum atomic E-state index is -0.629. The summed E-state index contributed by atoms with van der Waals surface area (Å²) in [5, 5.41) is 2.37. The molecule has 1 rings (SSSR count). The Kier molecular flexibility index (Phi) is 7.76. The fourth-order valence-electron chi connectivity index (χ4n) is 2.67. The van der Waals surface area contributed by atoms with Gasteiger partial charge in [-0.3, -0.25) is 4.79 Å². The van der Waals surface area contributed by atoms with E-state index in [1.54, 1.807) is 0 Å². The molecule has 1 amide bonds. The monoisotopic (exact) mass is 310 g/mol. The topological polar surface area (TPSA) is 32.3 Å². The maximum Gasteiger partial charge on any atom is 0.242 e. The number of alkyl halides is 1. The van der Waals surface area contributed by atoms with E-state index in [9.17, 15) is 4.79 Å². The van der Waals surface area contributed by atoms with Gasteiger partial charge in [0.05, 0.1) is 0 Å². The number of amides is 1. The van der Waals surface area contributed by atoms with E-state index in [1.807, 2.05) is 30.3 Å². The fourth-order valence-corrected chi connectivity index (χ4v) is 2.89. The Morgan fingerprint density at radius 3 is 2.24 bits per heavy atom. The molecule has 2 unspecified atom stereocenters. The molecule has 0 fully saturated rings. The van der Waals surface area contributed by atoms with Crippen LogP contribution in [-0.2, 0) is 4.79 Å². The number of benzene rings is 1. The fraction of sp³-hybridized carbons (Fsp3) is 0.588. The van der Waals surface area contributed by atoms with Crippen molar-refractivity contribution in [3.8, 4) is 0 Å². The lowest BCUT2D eigenvalue weighted by Crippen LogP contribution is -2.45. The predicted octanol–water partition coefficient (Wildman–Crippen LogP) is 3.45. The standard InChI is InChI=1S/C17H27ClN2O/c1-5-13(6-2)15(20(3)4)12-19-17(21)16(18)14-10-8-7-9-11-14/h7-11,13,15-16H,5-6,12H2,1-4H3,(H,19,21). The molecular weight excluding hydrogens is 284 g/mol. The molecule has 0 spiro atoms. The Labute approximate surface area is 133 Å². The predicted molar refractivity (Wildman–Crippen MR) is 89.6 cm³/mol. The van der Waals surface area contributed by atoms with Crippen molar-refractivity contribution < 1.29 is 4.79 Å². The van der Waals surface area contributed by atoms with E-state index in [-0.39, 0.29) is 5.91 Å². The van der Waals surface area contributed by atoms with Gasteiger partial charge in [-0.2, -0.15) is 0 Å². The molecule has 0 aliphatic carbocycles. The van der Waals surface area contributed by atoms with Crippen LogP contribution in [0.2, 0.25) is 0 Å². The van der Waals surface area contributed by atoms with Crippen molar-refractivity contribution in [3.63, 3.8) is 0 Å². The van der Waals surface area contributed by atoms with E-state index < -0.39 is 5.38 Å². The van der Waals surface area contributed by atoms with Crippen molar-refractivity contribution in [1.29, 1.82) is 0 Å². The molecule has 118 valence electrons. The highest BCUT2D eigenvalue weighted by molar-refractivity contribution is 6.30. The third-order valence-electron chi connectivity index (χ3n) is 4.06. The quantitative estimate of drug-likeness (QED) is 0.746. The first kappa shape index (κ1) is 18.0. The van der Waals surface area contributed by atoms with Gasteiger partial charge in [0.15, 0.2) is 0 Å². The van der Waals surface area contributed by atoms with Crippen LogP contribution in [0.5, 0.6) is 0 Å². The summed E-state index contributed by atoms with van der Waals surface area (Å²) in [6, 6.07) is 9.79. The van der Waals surface area contributed by atoms with E-state index in [2.05, 4.69) is 38.2 Å². The minimum Gasteiger partial charge on any atom is -0.353 e. The molecule has 0 bridgehead atoms. The van der Waals surface area contributed by atoms with Gasteiger partial charge in [-0.25, -0.2) is 0 Å². The van der Waals surface area contributed by atoms with Crippen LogP contribution in [0.1, 0.15) is 37.6 Å². The molecule has 1 aromatic carbocycles. The Bertz CT molecular complexity index is 418. The van der Waals surface area contributed by atoms with E-state index >= 15 is 0 Å². The van der Waals surface area contributed by atoms with Gasteiger partial charge in [-0.1, -0.05) is 57.0 Å². The summed E-state index contributed by atoms with van der Waals surface area (Å²) >= 11 is 6.24. The van der Waals surface area contributed by atoms with Gasteiger partial charge in [-0.05, 0) is 25.6 Å². The number of carbonyl (C=O) groups is 1. The summed E-state index contributed by atoms with van der Waals surface area (Å²) in [5.41, 5.74) is 0.834. The Balaban J connectivity index is 2.61. The molecule has 0 radical (unpaired) electrons. The molecule has 1 aromatic rings. The van der Waals surface area contributed by atoms with Crippen molar-refractivity contribution in [2.75, 3.05) is 20.6 Å². The van der Waals surface area contributed by atoms with Crippen LogP contribution in [0.3, 0.4) is 0 Å². The van der Waals surface area contributed by atoms with Crippen LogP contribution in [0.25, 0.3) is 0 Å². The van der Waals surface area contributed by atoms with Gasteiger partial charge >= 0.3 is 0 Å². The Morgan fingerprint density at radius 1 is 1.19 bits per heavy atom. The summed E-state index contributed by atoms with van der Waals surface area (Å²) in [5.74, 6) is 0.450. The lowest BCUT2D eigenvalue weighted by Gasteiger charge is -2.31. The molecule has 2 atom stereocenters. The van der Waals surface area contributed by atoms with Crippen LogP contribution in [-0.4, -0.2) is 37.5 Å². The summed E-state index contributed by atoms with van der Waals surface area (Å²) < 4.78 is 0. The van der Waals surface area contributed by atoms with Crippen molar-refractivity contribution in [2.45, 2.75) is 38.1 Å². The number of hydrogen-bond acceptors (Lipinski definition) is 2. The largest absolute Gasteiger partial charge is 0.353 e. The van der Waals surface area contributed by atoms with Crippen LogP contribution in [0.15, 0.2) is 30.3 Å². The highest BCUT2D eigenvalue weighted by Crippen LogP contribution is 2.21. The van der Waals surface area contributed by atoms with Crippen LogP contribution in [0.4, 0.5) is 0 Å². The van der Waals surface area contributed by atoms with Gasteiger partial charge in [0, 0.05) is 12.6 Å². The molecule has 0 aliphatic rings. The van der Waals surface area contributed by atoms with E-state index in [1.165, 1.54) is 0 Å². The summed E-state index contributed by atoms with van der Waals surface area (Å²) in [4.78, 5) is 14.4. The lowest BCUT2D eigenvalue weighted by atomic mass is 9.93. The second kappa shape index (κ2) is 9.06. The van der Waals surface area contributed by atoms with E-state index in [0.29, 0.717) is 18.5 Å². The first-order valence-corrected chi connectivity index (χ1v) is 8.08. The summed E-state index contributed by atoms with van der Waals surface area (Å²) in [6.45, 7) is 5.02. The average molecular weight is 311 g/mol. The van der Waals surface area contributed by atoms with Gasteiger partial charge in [-0.15, -0.1) is 11.6 Å². The minimum absolute atomic E-state index is 0.124. The number of halogens is 1. The normalized spacial score (nSPS) is 14.2. The Hall–Kier alpha value is -1.06. The zero-order valence-corrected chi connectivity index (χ0v) is 14.2. The molecule has 21 heavy (non-hydrogen) atoms. The maximum atomic E-state index is 12.2. The second-order valence-electron chi connectivity index (χ2n) is 5.63. The molecule has 0 heterocycles. The SMILES string of the molecule is CCC(CC)C(CNC(=O)C(Cl)c1ccccc1)N(C)C. The number of nitrogens with one attached hydrogen (secondary N) is 1. The maximum absolute atomic E-state index is 12.2. The first-order chi connectivity index (χ1) is 10.0. The number of rotatable bonds is 8. The highest BCUT2D eigenvalue weighted by atomic mass is 35.5. The molecule has 1 N–H and O–H groups in total. The lowest BCUT2D eigenvalue weighted by molar-refractivity contribution is -0.121.